The molecule has 152 valence electrons. The standard InChI is InChI=1S/C16H9ClF6N6/c17-12(16(21,22)23)11-10(9-6(19)3-5(18)4-7(9)20)13(25)29-15(28-11)14-26-2-1-8(24)27-14/h1-4,12H,(H2,24,26,27)(H2,25,28,29). The van der Waals surface area contributed by atoms with Crippen LogP contribution in [0.4, 0.5) is 38.0 Å². The lowest BCUT2D eigenvalue weighted by Gasteiger charge is -2.19. The lowest BCUT2D eigenvalue weighted by molar-refractivity contribution is -0.132. The number of nitrogen functional groups attached to an aromatic ring is 2. The maximum absolute atomic E-state index is 14.2. The van der Waals surface area contributed by atoms with Gasteiger partial charge in [-0.2, -0.15) is 13.2 Å². The third-order valence-electron chi connectivity index (χ3n) is 3.63. The van der Waals surface area contributed by atoms with Crippen molar-refractivity contribution in [2.75, 3.05) is 11.5 Å². The number of nitrogens with zero attached hydrogens (tertiary/aromatic N) is 4. The Morgan fingerprint density at radius 2 is 1.52 bits per heavy atom. The Hall–Kier alpha value is -3.15. The van der Waals surface area contributed by atoms with Crippen molar-refractivity contribution >= 4 is 23.2 Å². The molecule has 1 unspecified atom stereocenters. The lowest BCUT2D eigenvalue weighted by atomic mass is 10.0. The number of hydrogen-bond acceptors (Lipinski definition) is 6. The molecular weight excluding hydrogens is 426 g/mol. The Labute approximate surface area is 163 Å². The molecule has 13 heteroatoms. The summed E-state index contributed by atoms with van der Waals surface area (Å²) in [5, 5.41) is -2.83. The van der Waals surface area contributed by atoms with Gasteiger partial charge in [0, 0.05) is 18.3 Å². The highest BCUT2D eigenvalue weighted by atomic mass is 35.5. The van der Waals surface area contributed by atoms with Crippen molar-refractivity contribution in [1.82, 2.24) is 19.9 Å². The first kappa shape index (κ1) is 20.6. The summed E-state index contributed by atoms with van der Waals surface area (Å²) in [4.78, 5) is 14.9. The van der Waals surface area contributed by atoms with Gasteiger partial charge in [0.1, 0.15) is 29.1 Å². The summed E-state index contributed by atoms with van der Waals surface area (Å²) in [5.74, 6) is -5.92. The van der Waals surface area contributed by atoms with Gasteiger partial charge in [-0.3, -0.25) is 0 Å². The fourth-order valence-corrected chi connectivity index (χ4v) is 2.61. The molecule has 0 bridgehead atoms. The molecule has 3 aromatic rings. The summed E-state index contributed by atoms with van der Waals surface area (Å²) in [7, 11) is 0. The molecule has 3 rings (SSSR count). The highest BCUT2D eigenvalue weighted by Gasteiger charge is 2.43. The van der Waals surface area contributed by atoms with Gasteiger partial charge in [-0.1, -0.05) is 0 Å². The molecule has 0 aliphatic rings. The second kappa shape index (κ2) is 7.35. The Morgan fingerprint density at radius 3 is 2.07 bits per heavy atom. The van der Waals surface area contributed by atoms with Crippen LogP contribution >= 0.6 is 11.6 Å². The number of rotatable bonds is 3. The average molecular weight is 435 g/mol. The van der Waals surface area contributed by atoms with E-state index in [9.17, 15) is 26.3 Å². The van der Waals surface area contributed by atoms with Crippen LogP contribution in [-0.4, -0.2) is 26.1 Å². The van der Waals surface area contributed by atoms with Crippen LogP contribution < -0.4 is 11.5 Å². The second-order valence-corrected chi connectivity index (χ2v) is 6.08. The predicted octanol–water partition coefficient (Wildman–Crippen LogP) is 4.02. The van der Waals surface area contributed by atoms with Gasteiger partial charge in [-0.05, 0) is 6.07 Å². The van der Waals surface area contributed by atoms with E-state index in [0.717, 1.165) is 0 Å². The van der Waals surface area contributed by atoms with E-state index < -0.39 is 57.5 Å². The first-order valence-electron chi connectivity index (χ1n) is 7.61. The van der Waals surface area contributed by atoms with E-state index in [1.165, 1.54) is 12.3 Å². The van der Waals surface area contributed by atoms with E-state index in [4.69, 9.17) is 23.1 Å². The summed E-state index contributed by atoms with van der Waals surface area (Å²) in [6.45, 7) is 0. The number of alkyl halides is 4. The highest BCUT2D eigenvalue weighted by Crippen LogP contribution is 2.44. The molecule has 29 heavy (non-hydrogen) atoms. The molecule has 2 heterocycles. The van der Waals surface area contributed by atoms with E-state index in [-0.39, 0.29) is 23.8 Å². The van der Waals surface area contributed by atoms with Gasteiger partial charge in [0.25, 0.3) is 0 Å². The molecule has 0 aliphatic heterocycles. The quantitative estimate of drug-likeness (QED) is 0.476. The summed E-state index contributed by atoms with van der Waals surface area (Å²) in [6.07, 6.45) is -3.88. The van der Waals surface area contributed by atoms with Gasteiger partial charge in [-0.15, -0.1) is 11.6 Å². The Morgan fingerprint density at radius 1 is 0.897 bits per heavy atom. The Kier molecular flexibility index (Phi) is 5.22. The first-order chi connectivity index (χ1) is 13.5. The fourth-order valence-electron chi connectivity index (χ4n) is 2.45. The van der Waals surface area contributed by atoms with E-state index in [1.807, 2.05) is 0 Å². The van der Waals surface area contributed by atoms with Crippen molar-refractivity contribution in [2.45, 2.75) is 11.6 Å². The zero-order valence-corrected chi connectivity index (χ0v) is 14.7. The summed E-state index contributed by atoms with van der Waals surface area (Å²) in [5.41, 5.74) is 8.20. The fraction of sp³-hybridized carbons (Fsp3) is 0.125. The van der Waals surface area contributed by atoms with Gasteiger partial charge in [-0.25, -0.2) is 33.1 Å². The van der Waals surface area contributed by atoms with Crippen molar-refractivity contribution in [3.63, 3.8) is 0 Å². The van der Waals surface area contributed by atoms with Crippen molar-refractivity contribution in [3.8, 4) is 22.8 Å². The van der Waals surface area contributed by atoms with Crippen LogP contribution in [0.2, 0.25) is 0 Å². The van der Waals surface area contributed by atoms with Crippen molar-refractivity contribution in [3.05, 3.63) is 47.5 Å². The van der Waals surface area contributed by atoms with Gasteiger partial charge in [0.05, 0.1) is 16.8 Å². The van der Waals surface area contributed by atoms with E-state index in [2.05, 4.69) is 19.9 Å². The summed E-state index contributed by atoms with van der Waals surface area (Å²) in [6, 6.07) is 1.84. The molecule has 0 aliphatic carbocycles. The maximum atomic E-state index is 14.2. The molecule has 0 fully saturated rings. The van der Waals surface area contributed by atoms with Crippen LogP contribution in [0.1, 0.15) is 11.1 Å². The van der Waals surface area contributed by atoms with Crippen molar-refractivity contribution in [1.29, 1.82) is 0 Å². The Bertz CT molecular complexity index is 1070. The van der Waals surface area contributed by atoms with Crippen LogP contribution in [0, 0.1) is 17.5 Å². The molecule has 4 N–H and O–H groups in total. The zero-order valence-electron chi connectivity index (χ0n) is 14.0. The largest absolute Gasteiger partial charge is 0.410 e. The van der Waals surface area contributed by atoms with Crippen LogP contribution in [0.15, 0.2) is 24.4 Å². The van der Waals surface area contributed by atoms with Gasteiger partial charge in [0.2, 0.25) is 0 Å². The van der Waals surface area contributed by atoms with Crippen LogP contribution in [-0.2, 0) is 0 Å². The van der Waals surface area contributed by atoms with Gasteiger partial charge < -0.3 is 11.5 Å². The number of nitrogens with two attached hydrogens (primary N) is 2. The monoisotopic (exact) mass is 434 g/mol. The minimum atomic E-state index is -5.07. The van der Waals surface area contributed by atoms with Crippen molar-refractivity contribution < 1.29 is 26.3 Å². The van der Waals surface area contributed by atoms with Crippen LogP contribution in [0.25, 0.3) is 22.8 Å². The molecule has 2 aromatic heterocycles. The topological polar surface area (TPSA) is 104 Å². The summed E-state index contributed by atoms with van der Waals surface area (Å²) < 4.78 is 81.6. The molecule has 6 nitrogen and oxygen atoms in total. The van der Waals surface area contributed by atoms with Crippen LogP contribution in [0.5, 0.6) is 0 Å². The Balaban J connectivity index is 2.35. The van der Waals surface area contributed by atoms with Crippen LogP contribution in [0.3, 0.4) is 0 Å². The van der Waals surface area contributed by atoms with Crippen molar-refractivity contribution in [2.24, 2.45) is 0 Å². The number of benzene rings is 1. The zero-order chi connectivity index (χ0) is 21.5. The van der Waals surface area contributed by atoms with E-state index in [0.29, 0.717) is 0 Å². The summed E-state index contributed by atoms with van der Waals surface area (Å²) >= 11 is 5.48. The molecule has 0 spiro atoms. The molecule has 1 aromatic carbocycles. The average Bonchev–Trinajstić information content (AvgIpc) is 2.60. The normalized spacial score (nSPS) is 12.8. The predicted molar refractivity (Wildman–Crippen MR) is 91.8 cm³/mol. The molecule has 0 saturated carbocycles. The van der Waals surface area contributed by atoms with Gasteiger partial charge >= 0.3 is 6.18 Å². The molecule has 0 saturated heterocycles. The SMILES string of the molecule is Nc1ccnc(-c2nc(N)c(-c3c(F)cc(F)cc3F)c(C(Cl)C(F)(F)F)n2)n1. The van der Waals surface area contributed by atoms with E-state index in [1.54, 1.807) is 0 Å². The smallest absolute Gasteiger partial charge is 0.384 e. The minimum Gasteiger partial charge on any atom is -0.384 e. The molecule has 0 radical (unpaired) electrons. The lowest BCUT2D eigenvalue weighted by Crippen LogP contribution is -2.20. The number of hydrogen-bond donors (Lipinski definition) is 2. The van der Waals surface area contributed by atoms with Gasteiger partial charge in [0.15, 0.2) is 17.0 Å². The number of halogens is 7. The third kappa shape index (κ3) is 4.01. The third-order valence-corrected chi connectivity index (χ3v) is 4.08. The second-order valence-electron chi connectivity index (χ2n) is 5.65. The maximum Gasteiger partial charge on any atom is 0.410 e. The number of aromatic nitrogens is 4. The van der Waals surface area contributed by atoms with E-state index >= 15 is 0 Å². The molecular formula is C16H9ClF6N6. The first-order valence-corrected chi connectivity index (χ1v) is 8.04. The number of anilines is 2. The molecule has 1 atom stereocenters. The molecule has 0 amide bonds. The highest BCUT2D eigenvalue weighted by molar-refractivity contribution is 6.21. The minimum absolute atomic E-state index is 0.0448.